The van der Waals surface area contributed by atoms with Gasteiger partial charge in [-0.15, -0.1) is 0 Å². The summed E-state index contributed by atoms with van der Waals surface area (Å²) in [7, 11) is 0. The van der Waals surface area contributed by atoms with E-state index in [2.05, 4.69) is 15.9 Å². The van der Waals surface area contributed by atoms with Crippen LogP contribution < -0.4 is 10.5 Å². The fourth-order valence-electron chi connectivity index (χ4n) is 1.63. The van der Waals surface area contributed by atoms with Crippen LogP contribution in [0.15, 0.2) is 24.3 Å². The number of carboxylic acid groups (broad SMARTS) is 1. The summed E-state index contributed by atoms with van der Waals surface area (Å²) in [6.45, 7) is 0.709. The molecule has 0 spiro atoms. The summed E-state index contributed by atoms with van der Waals surface area (Å²) in [5.74, 6) is -0.168. The smallest absolute Gasteiger partial charge is 0.320 e. The molecule has 1 aromatic carbocycles. The minimum atomic E-state index is -0.980. The first-order chi connectivity index (χ1) is 9.13. The second-order valence-electron chi connectivity index (χ2n) is 4.39. The van der Waals surface area contributed by atoms with Crippen LogP contribution in [0.5, 0.6) is 5.75 Å². The van der Waals surface area contributed by atoms with E-state index in [4.69, 9.17) is 15.6 Å². The third kappa shape index (κ3) is 6.59. The van der Waals surface area contributed by atoms with E-state index >= 15 is 0 Å². The van der Waals surface area contributed by atoms with Gasteiger partial charge in [0, 0.05) is 5.33 Å². The number of unbranched alkanes of at least 4 members (excludes halogenated alkanes) is 2. The molecule has 5 heteroatoms. The fourth-order valence-corrected chi connectivity index (χ4v) is 2.02. The number of halogens is 1. The highest BCUT2D eigenvalue weighted by atomic mass is 79.9. The molecule has 4 nitrogen and oxygen atoms in total. The number of benzene rings is 1. The zero-order valence-electron chi connectivity index (χ0n) is 10.8. The molecule has 0 aromatic heterocycles. The molecule has 1 unspecified atom stereocenters. The minimum absolute atomic E-state index is 0.334. The third-order valence-electron chi connectivity index (χ3n) is 2.74. The Morgan fingerprint density at radius 1 is 1.26 bits per heavy atom. The first-order valence-corrected chi connectivity index (χ1v) is 7.51. The number of ether oxygens (including phenoxy) is 1. The van der Waals surface area contributed by atoms with E-state index in [-0.39, 0.29) is 0 Å². The maximum absolute atomic E-state index is 10.6. The Balaban J connectivity index is 2.33. The van der Waals surface area contributed by atoms with Crippen molar-refractivity contribution in [1.82, 2.24) is 0 Å². The molecule has 0 bridgehead atoms. The molecule has 0 aliphatic rings. The van der Waals surface area contributed by atoms with Crippen LogP contribution in [0.3, 0.4) is 0 Å². The molecule has 1 aromatic rings. The Morgan fingerprint density at radius 3 is 2.53 bits per heavy atom. The predicted octanol–water partition coefficient (Wildman–Crippen LogP) is 2.59. The topological polar surface area (TPSA) is 72.5 Å². The van der Waals surface area contributed by atoms with E-state index in [0.29, 0.717) is 13.0 Å². The van der Waals surface area contributed by atoms with Gasteiger partial charge in [0.15, 0.2) is 0 Å². The molecule has 0 amide bonds. The van der Waals surface area contributed by atoms with Gasteiger partial charge in [-0.3, -0.25) is 4.79 Å². The molecule has 0 aliphatic carbocycles. The Labute approximate surface area is 122 Å². The standard InChI is InChI=1S/C14H20BrNO3/c15-8-2-1-3-9-19-12-6-4-11(5-7-12)10-13(16)14(17)18/h4-7,13H,1-3,8-10,16H2,(H,17,18). The van der Waals surface area contributed by atoms with E-state index in [1.165, 1.54) is 0 Å². The van der Waals surface area contributed by atoms with Crippen molar-refractivity contribution in [1.29, 1.82) is 0 Å². The van der Waals surface area contributed by atoms with Crippen molar-refractivity contribution in [3.63, 3.8) is 0 Å². The molecule has 0 saturated carbocycles. The van der Waals surface area contributed by atoms with Crippen LogP contribution in [0.4, 0.5) is 0 Å². The molecule has 0 fully saturated rings. The second-order valence-corrected chi connectivity index (χ2v) is 5.18. The van der Waals surface area contributed by atoms with Crippen molar-refractivity contribution >= 4 is 21.9 Å². The second kappa shape index (κ2) is 8.93. The number of aliphatic carboxylic acids is 1. The molecule has 0 heterocycles. The molecule has 106 valence electrons. The van der Waals surface area contributed by atoms with E-state index < -0.39 is 12.0 Å². The van der Waals surface area contributed by atoms with Crippen LogP contribution in [0.2, 0.25) is 0 Å². The highest BCUT2D eigenvalue weighted by molar-refractivity contribution is 9.09. The SMILES string of the molecule is NC(Cc1ccc(OCCCCCBr)cc1)C(=O)O. The molecule has 1 atom stereocenters. The van der Waals surface area contributed by atoms with Crippen molar-refractivity contribution in [2.45, 2.75) is 31.7 Å². The van der Waals surface area contributed by atoms with Crippen LogP contribution in [-0.2, 0) is 11.2 Å². The number of carboxylic acids is 1. The largest absolute Gasteiger partial charge is 0.494 e. The summed E-state index contributed by atoms with van der Waals surface area (Å²) in [6.07, 6.45) is 3.68. The lowest BCUT2D eigenvalue weighted by atomic mass is 10.1. The zero-order valence-corrected chi connectivity index (χ0v) is 12.4. The summed E-state index contributed by atoms with van der Waals surface area (Å²) in [5, 5.41) is 9.77. The normalized spacial score (nSPS) is 12.1. The van der Waals surface area contributed by atoms with Crippen LogP contribution in [0.1, 0.15) is 24.8 Å². The summed E-state index contributed by atoms with van der Waals surface area (Å²) in [5.41, 5.74) is 6.38. The number of nitrogens with two attached hydrogens (primary N) is 1. The van der Waals surface area contributed by atoms with Gasteiger partial charge in [0.05, 0.1) is 6.61 Å². The molecular formula is C14H20BrNO3. The lowest BCUT2D eigenvalue weighted by Crippen LogP contribution is -2.32. The maximum atomic E-state index is 10.6. The summed E-state index contributed by atoms with van der Waals surface area (Å²) < 4.78 is 5.60. The van der Waals surface area contributed by atoms with Crippen molar-refractivity contribution in [2.75, 3.05) is 11.9 Å². The van der Waals surface area contributed by atoms with Gasteiger partial charge in [-0.2, -0.15) is 0 Å². The van der Waals surface area contributed by atoms with Gasteiger partial charge in [-0.05, 0) is 43.4 Å². The zero-order chi connectivity index (χ0) is 14.1. The van der Waals surface area contributed by atoms with E-state index in [1.807, 2.05) is 24.3 Å². The highest BCUT2D eigenvalue weighted by Crippen LogP contribution is 2.14. The van der Waals surface area contributed by atoms with Crippen LogP contribution in [0, 0.1) is 0 Å². The van der Waals surface area contributed by atoms with E-state index in [1.54, 1.807) is 0 Å². The highest BCUT2D eigenvalue weighted by Gasteiger charge is 2.11. The molecular weight excluding hydrogens is 310 g/mol. The Bertz CT molecular complexity index is 381. The molecule has 1 rings (SSSR count). The third-order valence-corrected chi connectivity index (χ3v) is 3.30. The van der Waals surface area contributed by atoms with Gasteiger partial charge in [-0.25, -0.2) is 0 Å². The Kier molecular flexibility index (Phi) is 7.52. The summed E-state index contributed by atoms with van der Waals surface area (Å²) in [4.78, 5) is 10.6. The number of hydrogen-bond acceptors (Lipinski definition) is 3. The average Bonchev–Trinajstić information content (AvgIpc) is 2.40. The van der Waals surface area contributed by atoms with Crippen LogP contribution in [-0.4, -0.2) is 29.1 Å². The van der Waals surface area contributed by atoms with Gasteiger partial charge in [0.1, 0.15) is 11.8 Å². The maximum Gasteiger partial charge on any atom is 0.320 e. The Morgan fingerprint density at radius 2 is 1.95 bits per heavy atom. The van der Waals surface area contributed by atoms with Crippen LogP contribution >= 0.6 is 15.9 Å². The number of alkyl halides is 1. The van der Waals surface area contributed by atoms with Crippen molar-refractivity contribution in [3.8, 4) is 5.75 Å². The number of carbonyl (C=O) groups is 1. The summed E-state index contributed by atoms with van der Waals surface area (Å²) >= 11 is 3.39. The molecule has 0 saturated heterocycles. The van der Waals surface area contributed by atoms with Gasteiger partial charge < -0.3 is 15.6 Å². The van der Waals surface area contributed by atoms with Gasteiger partial charge >= 0.3 is 5.97 Å². The summed E-state index contributed by atoms with van der Waals surface area (Å²) in [6, 6.07) is 6.58. The monoisotopic (exact) mass is 329 g/mol. The Hall–Kier alpha value is -1.07. The van der Waals surface area contributed by atoms with Gasteiger partial charge in [0.2, 0.25) is 0 Å². The number of rotatable bonds is 9. The first-order valence-electron chi connectivity index (χ1n) is 6.39. The van der Waals surface area contributed by atoms with E-state index in [9.17, 15) is 4.79 Å². The van der Waals surface area contributed by atoms with Crippen molar-refractivity contribution < 1.29 is 14.6 Å². The molecule has 0 aliphatic heterocycles. The lowest BCUT2D eigenvalue weighted by Gasteiger charge is -2.09. The quantitative estimate of drug-likeness (QED) is 0.539. The molecule has 19 heavy (non-hydrogen) atoms. The van der Waals surface area contributed by atoms with E-state index in [0.717, 1.165) is 35.9 Å². The molecule has 3 N–H and O–H groups in total. The van der Waals surface area contributed by atoms with Gasteiger partial charge in [0.25, 0.3) is 0 Å². The first kappa shape index (κ1) is 16.0. The van der Waals surface area contributed by atoms with Gasteiger partial charge in [-0.1, -0.05) is 28.1 Å². The predicted molar refractivity (Wildman–Crippen MR) is 78.9 cm³/mol. The fraction of sp³-hybridized carbons (Fsp3) is 0.500. The van der Waals surface area contributed by atoms with Crippen molar-refractivity contribution in [3.05, 3.63) is 29.8 Å². The number of hydrogen-bond donors (Lipinski definition) is 2. The minimum Gasteiger partial charge on any atom is -0.494 e. The van der Waals surface area contributed by atoms with Crippen molar-refractivity contribution in [2.24, 2.45) is 5.73 Å². The van der Waals surface area contributed by atoms with Crippen LogP contribution in [0.25, 0.3) is 0 Å². The average molecular weight is 330 g/mol. The molecule has 0 radical (unpaired) electrons. The lowest BCUT2D eigenvalue weighted by molar-refractivity contribution is -0.138.